The van der Waals surface area contributed by atoms with E-state index in [1.54, 1.807) is 23.6 Å². The largest absolute Gasteiger partial charge is 0.381 e. The Morgan fingerprint density at radius 2 is 2.19 bits per heavy atom. The minimum Gasteiger partial charge on any atom is -0.358 e. The van der Waals surface area contributed by atoms with Gasteiger partial charge in [0.1, 0.15) is 6.20 Å². The molecule has 134 valence electrons. The first-order valence-corrected chi connectivity index (χ1v) is 8.93. The van der Waals surface area contributed by atoms with Crippen LogP contribution in [0.15, 0.2) is 36.1 Å². The summed E-state index contributed by atoms with van der Waals surface area (Å²) in [5, 5.41) is 16.5. The van der Waals surface area contributed by atoms with Crippen molar-refractivity contribution >= 4 is 51.4 Å². The number of carbonyl (C=O) groups excluding carboxylic acids is 1. The Morgan fingerprint density at radius 1 is 1.38 bits per heavy atom. The molecule has 0 atom stereocenters. The van der Waals surface area contributed by atoms with E-state index in [9.17, 15) is 14.9 Å². The van der Waals surface area contributed by atoms with Crippen LogP contribution in [0.2, 0.25) is 10.0 Å². The maximum atomic E-state index is 12.0. The average molecular weight is 412 g/mol. The number of anilines is 1. The van der Waals surface area contributed by atoms with Crippen LogP contribution in [-0.2, 0) is 11.3 Å². The molecule has 26 heavy (non-hydrogen) atoms. The number of imidazole rings is 1. The fourth-order valence-electron chi connectivity index (χ4n) is 2.13. The van der Waals surface area contributed by atoms with Gasteiger partial charge in [0.2, 0.25) is 12.2 Å². The Hall–Kier alpha value is -2.49. The number of hydrogen-bond donors (Lipinski definition) is 1. The molecule has 2 heterocycles. The maximum absolute atomic E-state index is 12.0. The minimum atomic E-state index is -0.588. The molecule has 0 bridgehead atoms. The van der Waals surface area contributed by atoms with Crippen molar-refractivity contribution in [1.29, 1.82) is 0 Å². The maximum Gasteiger partial charge on any atom is 0.381 e. The number of rotatable bonds is 6. The molecule has 0 aliphatic rings. The predicted molar refractivity (Wildman–Crippen MR) is 99.7 cm³/mol. The molecular formula is C15H11Cl2N5O3S. The van der Waals surface area contributed by atoms with Crippen LogP contribution in [0.3, 0.4) is 0 Å². The highest BCUT2D eigenvalue weighted by atomic mass is 35.5. The van der Waals surface area contributed by atoms with E-state index >= 15 is 0 Å². The highest BCUT2D eigenvalue weighted by Crippen LogP contribution is 2.32. The summed E-state index contributed by atoms with van der Waals surface area (Å²) < 4.78 is 1.48. The van der Waals surface area contributed by atoms with E-state index in [2.05, 4.69) is 15.3 Å². The van der Waals surface area contributed by atoms with E-state index in [4.69, 9.17) is 23.2 Å². The van der Waals surface area contributed by atoms with E-state index in [0.29, 0.717) is 20.9 Å². The zero-order valence-electron chi connectivity index (χ0n) is 13.1. The van der Waals surface area contributed by atoms with Gasteiger partial charge in [-0.1, -0.05) is 23.2 Å². The molecule has 0 saturated heterocycles. The number of aromatic nitrogens is 3. The molecule has 3 rings (SSSR count). The van der Waals surface area contributed by atoms with Crippen LogP contribution in [0.25, 0.3) is 11.3 Å². The van der Waals surface area contributed by atoms with E-state index in [0.717, 1.165) is 5.56 Å². The van der Waals surface area contributed by atoms with Crippen LogP contribution in [0, 0.1) is 10.1 Å². The number of nitro groups is 1. The topological polar surface area (TPSA) is 103 Å². The van der Waals surface area contributed by atoms with Gasteiger partial charge in [-0.3, -0.25) is 4.79 Å². The van der Waals surface area contributed by atoms with Crippen molar-refractivity contribution in [3.63, 3.8) is 0 Å². The third-order valence-corrected chi connectivity index (χ3v) is 4.67. The number of nitrogens with zero attached hydrogens (tertiary/aromatic N) is 4. The van der Waals surface area contributed by atoms with Crippen LogP contribution >= 0.6 is 34.5 Å². The summed E-state index contributed by atoms with van der Waals surface area (Å²) in [6.45, 7) is 0.272. The van der Waals surface area contributed by atoms with Gasteiger partial charge in [-0.15, -0.1) is 11.3 Å². The second-order valence-corrected chi connectivity index (χ2v) is 6.89. The molecule has 0 spiro atoms. The first-order chi connectivity index (χ1) is 12.4. The highest BCUT2D eigenvalue weighted by molar-refractivity contribution is 7.14. The number of carbonyl (C=O) groups is 1. The molecule has 8 nitrogen and oxygen atoms in total. The summed E-state index contributed by atoms with van der Waals surface area (Å²) in [7, 11) is 0. The lowest BCUT2D eigenvalue weighted by atomic mass is 10.2. The molecule has 0 unspecified atom stereocenters. The van der Waals surface area contributed by atoms with Gasteiger partial charge in [-0.05, 0) is 28.1 Å². The van der Waals surface area contributed by atoms with E-state index in [1.165, 1.54) is 28.4 Å². The number of nitrogens with one attached hydrogen (secondary N) is 1. The van der Waals surface area contributed by atoms with Gasteiger partial charge >= 0.3 is 5.82 Å². The molecular weight excluding hydrogens is 401 g/mol. The van der Waals surface area contributed by atoms with Crippen LogP contribution < -0.4 is 5.32 Å². The summed E-state index contributed by atoms with van der Waals surface area (Å²) in [5.74, 6) is -0.515. The minimum absolute atomic E-state index is 0.129. The zero-order valence-corrected chi connectivity index (χ0v) is 15.4. The van der Waals surface area contributed by atoms with E-state index in [-0.39, 0.29) is 24.7 Å². The Labute approximate surface area is 161 Å². The van der Waals surface area contributed by atoms with Crippen molar-refractivity contribution in [3.8, 4) is 11.3 Å². The monoisotopic (exact) mass is 411 g/mol. The van der Waals surface area contributed by atoms with Crippen LogP contribution in [0.5, 0.6) is 0 Å². The number of thiazole rings is 1. The number of benzene rings is 1. The fourth-order valence-corrected chi connectivity index (χ4v) is 3.36. The van der Waals surface area contributed by atoms with Gasteiger partial charge in [-0.25, -0.2) is 4.98 Å². The SMILES string of the molecule is O=C(CCn1cnc([N+](=O)[O-])c1)Nc1nc(-c2ccc(Cl)cc2Cl)cs1. The fraction of sp³-hybridized carbons (Fsp3) is 0.133. The second-order valence-electron chi connectivity index (χ2n) is 5.19. The van der Waals surface area contributed by atoms with E-state index < -0.39 is 4.92 Å². The lowest BCUT2D eigenvalue weighted by Gasteiger charge is -2.02. The normalized spacial score (nSPS) is 10.7. The van der Waals surface area contributed by atoms with Crippen LogP contribution in [0.4, 0.5) is 10.9 Å². The number of halogens is 2. The number of hydrogen-bond acceptors (Lipinski definition) is 6. The van der Waals surface area contributed by atoms with Crippen molar-refractivity contribution < 1.29 is 9.72 Å². The summed E-state index contributed by atoms with van der Waals surface area (Å²) in [6.07, 6.45) is 2.72. The lowest BCUT2D eigenvalue weighted by molar-refractivity contribution is -0.389. The zero-order chi connectivity index (χ0) is 18.7. The van der Waals surface area contributed by atoms with Gasteiger partial charge in [0.05, 0.1) is 10.7 Å². The van der Waals surface area contributed by atoms with Gasteiger partial charge < -0.3 is 20.0 Å². The van der Waals surface area contributed by atoms with Crippen molar-refractivity contribution in [3.05, 3.63) is 56.3 Å². The molecule has 0 aliphatic carbocycles. The van der Waals surface area contributed by atoms with E-state index in [1.807, 2.05) is 0 Å². The summed E-state index contributed by atoms with van der Waals surface area (Å²) in [5.41, 5.74) is 1.36. The Balaban J connectivity index is 1.59. The number of aryl methyl sites for hydroxylation is 1. The van der Waals surface area contributed by atoms with Crippen LogP contribution in [-0.4, -0.2) is 25.4 Å². The molecule has 2 aromatic heterocycles. The highest BCUT2D eigenvalue weighted by Gasteiger charge is 2.13. The standard InChI is InChI=1S/C15H11Cl2N5O3S/c16-9-1-2-10(11(17)5-9)12-7-26-15(19-12)20-14(23)3-4-21-6-13(18-8-21)22(24)25/h1-2,5-8H,3-4H2,(H,19,20,23). The van der Waals surface area contributed by atoms with Gasteiger partial charge in [0, 0.05) is 28.9 Å². The van der Waals surface area contributed by atoms with Crippen LogP contribution in [0.1, 0.15) is 6.42 Å². The molecule has 0 aliphatic heterocycles. The molecule has 11 heteroatoms. The molecule has 0 radical (unpaired) electrons. The van der Waals surface area contributed by atoms with Crippen molar-refractivity contribution in [2.24, 2.45) is 0 Å². The van der Waals surface area contributed by atoms with Crippen molar-refractivity contribution in [2.45, 2.75) is 13.0 Å². The average Bonchev–Trinajstić information content (AvgIpc) is 3.22. The molecule has 3 aromatic rings. The lowest BCUT2D eigenvalue weighted by Crippen LogP contribution is -2.13. The number of amides is 1. The first kappa shape index (κ1) is 18.3. The molecule has 0 saturated carbocycles. The molecule has 1 aromatic carbocycles. The predicted octanol–water partition coefficient (Wildman–Crippen LogP) is 4.25. The van der Waals surface area contributed by atoms with Gasteiger partial charge in [0.15, 0.2) is 5.13 Å². The summed E-state index contributed by atoms with van der Waals surface area (Å²) >= 11 is 13.3. The Bertz CT molecular complexity index is 972. The Kier molecular flexibility index (Phi) is 5.50. The van der Waals surface area contributed by atoms with Crippen molar-refractivity contribution in [2.75, 3.05) is 5.32 Å². The summed E-state index contributed by atoms with van der Waals surface area (Å²) in [4.78, 5) is 30.0. The van der Waals surface area contributed by atoms with Gasteiger partial charge in [-0.2, -0.15) is 0 Å². The summed E-state index contributed by atoms with van der Waals surface area (Å²) in [6, 6.07) is 5.10. The quantitative estimate of drug-likeness (QED) is 0.482. The third-order valence-electron chi connectivity index (χ3n) is 3.36. The smallest absolute Gasteiger partial charge is 0.358 e. The molecule has 1 amide bonds. The molecule has 1 N–H and O–H groups in total. The molecule has 0 fully saturated rings. The van der Waals surface area contributed by atoms with Crippen molar-refractivity contribution in [1.82, 2.24) is 14.5 Å². The third kappa shape index (κ3) is 4.37. The van der Waals surface area contributed by atoms with Gasteiger partial charge in [0.25, 0.3) is 0 Å². The first-order valence-electron chi connectivity index (χ1n) is 7.29. The Morgan fingerprint density at radius 3 is 2.88 bits per heavy atom. The second kappa shape index (κ2) is 7.81.